The first kappa shape index (κ1) is 36.8. The zero-order valence-corrected chi connectivity index (χ0v) is 20.7. The summed E-state index contributed by atoms with van der Waals surface area (Å²) < 4.78 is 14.0. The molecule has 0 aromatic heterocycles. The fraction of sp³-hybridized carbons (Fsp3) is 0.818. The van der Waals surface area contributed by atoms with E-state index in [0.717, 1.165) is 0 Å². The standard InChI is InChI=1S/C8H15NO6.C7H8O4.C6H13NO5.CH4/c1-3(11)9-5-7(13)6(12)4(2-10)15-8(5)14;1-4(8)11-7-5(9)2-3-6(7)10;7-3-5(10)4(9)2(1-8)12-6(3)11;/h4-8,10,12-14H,2H2,1H3,(H,9,11);7H,2-3H2,1H3;2-6,8-11H,1,7H2;1H4. The number of nitrogens with one attached hydrogen (secondary N) is 1. The molecule has 1 aliphatic carbocycles. The Kier molecular flexibility index (Phi) is 15.9. The number of esters is 1. The van der Waals surface area contributed by atoms with Gasteiger partial charge in [0.25, 0.3) is 0 Å². The lowest BCUT2D eigenvalue weighted by molar-refractivity contribution is -0.253. The minimum atomic E-state index is -1.45. The summed E-state index contributed by atoms with van der Waals surface area (Å²) in [6, 6.07) is -2.14. The molecule has 3 aliphatic rings. The molecule has 0 aromatic rings. The minimum absolute atomic E-state index is 0. The van der Waals surface area contributed by atoms with Crippen LogP contribution in [0.25, 0.3) is 0 Å². The Hall–Kier alpha value is -2.16. The maximum atomic E-state index is 10.8. The largest absolute Gasteiger partial charge is 0.446 e. The summed E-state index contributed by atoms with van der Waals surface area (Å²) in [6.45, 7) is 1.40. The molecular formula is C22H40N2O15. The first-order chi connectivity index (χ1) is 17.7. The third-order valence-electron chi connectivity index (χ3n) is 5.71. The van der Waals surface area contributed by atoms with Crippen LogP contribution in [0.4, 0.5) is 0 Å². The van der Waals surface area contributed by atoms with Crippen LogP contribution in [0, 0.1) is 0 Å². The lowest BCUT2D eigenvalue weighted by atomic mass is 9.97. The molecule has 10 atom stereocenters. The van der Waals surface area contributed by atoms with Gasteiger partial charge in [0.05, 0.1) is 19.3 Å². The van der Waals surface area contributed by atoms with Crippen LogP contribution in [0.1, 0.15) is 34.1 Å². The van der Waals surface area contributed by atoms with Crippen molar-refractivity contribution in [3.63, 3.8) is 0 Å². The molecule has 1 amide bonds. The number of ketones is 2. The summed E-state index contributed by atoms with van der Waals surface area (Å²) in [7, 11) is 0. The first-order valence-electron chi connectivity index (χ1n) is 11.5. The lowest BCUT2D eigenvalue weighted by Gasteiger charge is -2.40. The number of hydrogen-bond acceptors (Lipinski definition) is 16. The summed E-state index contributed by atoms with van der Waals surface area (Å²) in [5, 5.41) is 75.5. The topological polar surface area (TPSA) is 296 Å². The van der Waals surface area contributed by atoms with Gasteiger partial charge >= 0.3 is 5.97 Å². The maximum absolute atomic E-state index is 10.8. The Bertz CT molecular complexity index is 794. The van der Waals surface area contributed by atoms with Gasteiger partial charge in [-0.05, 0) is 0 Å². The van der Waals surface area contributed by atoms with E-state index in [4.69, 9.17) is 30.5 Å². The van der Waals surface area contributed by atoms with E-state index in [1.54, 1.807) is 0 Å². The molecule has 2 saturated heterocycles. The second-order valence-electron chi connectivity index (χ2n) is 8.68. The lowest BCUT2D eigenvalue weighted by Crippen LogP contribution is -2.63. The molecule has 3 fully saturated rings. The zero-order chi connectivity index (χ0) is 29.3. The Labute approximate surface area is 224 Å². The third-order valence-corrected chi connectivity index (χ3v) is 5.71. The summed E-state index contributed by atoms with van der Waals surface area (Å²) in [6.07, 6.45) is -10.8. The van der Waals surface area contributed by atoms with Crippen LogP contribution in [-0.2, 0) is 33.4 Å². The number of aliphatic hydroxyl groups excluding tert-OH is 8. The average Bonchev–Trinajstić information content (AvgIpc) is 3.17. The number of nitrogens with two attached hydrogens (primary N) is 1. The maximum Gasteiger partial charge on any atom is 0.303 e. The van der Waals surface area contributed by atoms with Gasteiger partial charge in [0, 0.05) is 26.7 Å². The van der Waals surface area contributed by atoms with Crippen molar-refractivity contribution in [2.24, 2.45) is 5.73 Å². The SMILES string of the molecule is C.CC(=O)NC1C(O)OC(CO)C(O)C1O.CC(=O)OC1C(=O)CCC1=O.NC1C(O)OC(CO)C(O)C1O. The minimum Gasteiger partial charge on any atom is -0.446 e. The molecule has 2 heterocycles. The molecule has 0 radical (unpaired) electrons. The van der Waals surface area contributed by atoms with Gasteiger partial charge in [0.2, 0.25) is 12.0 Å². The number of carbonyl (C=O) groups excluding carboxylic acids is 4. The van der Waals surface area contributed by atoms with Gasteiger partial charge < -0.3 is 66.1 Å². The van der Waals surface area contributed by atoms with E-state index in [1.807, 2.05) is 0 Å². The molecule has 1 saturated carbocycles. The number of aliphatic hydroxyl groups is 8. The highest BCUT2D eigenvalue weighted by atomic mass is 16.6. The van der Waals surface area contributed by atoms with Crippen molar-refractivity contribution in [2.45, 2.75) is 102 Å². The highest BCUT2D eigenvalue weighted by molar-refractivity contribution is 6.12. The summed E-state index contributed by atoms with van der Waals surface area (Å²) in [5.74, 6) is -1.62. The van der Waals surface area contributed by atoms with E-state index >= 15 is 0 Å². The molecular weight excluding hydrogens is 532 g/mol. The van der Waals surface area contributed by atoms with Gasteiger partial charge in [-0.1, -0.05) is 7.43 Å². The zero-order valence-electron chi connectivity index (χ0n) is 20.7. The van der Waals surface area contributed by atoms with Crippen molar-refractivity contribution in [2.75, 3.05) is 13.2 Å². The Morgan fingerprint density at radius 2 is 1.28 bits per heavy atom. The van der Waals surface area contributed by atoms with Gasteiger partial charge in [-0.25, -0.2) is 0 Å². The molecule has 228 valence electrons. The molecule has 3 rings (SSSR count). The fourth-order valence-electron chi connectivity index (χ4n) is 3.59. The van der Waals surface area contributed by atoms with E-state index in [-0.39, 0.29) is 31.8 Å². The average molecular weight is 573 g/mol. The molecule has 0 aromatic carbocycles. The van der Waals surface area contributed by atoms with Gasteiger partial charge in [-0.2, -0.15) is 0 Å². The summed E-state index contributed by atoms with van der Waals surface area (Å²) in [5.41, 5.74) is 5.26. The van der Waals surface area contributed by atoms with E-state index in [9.17, 15) is 44.7 Å². The molecule has 17 heteroatoms. The predicted octanol–water partition coefficient (Wildman–Crippen LogP) is -5.85. The smallest absolute Gasteiger partial charge is 0.303 e. The van der Waals surface area contributed by atoms with Gasteiger partial charge in [-0.3, -0.25) is 19.2 Å². The summed E-state index contributed by atoms with van der Waals surface area (Å²) in [4.78, 5) is 42.7. The molecule has 0 spiro atoms. The first-order valence-corrected chi connectivity index (χ1v) is 11.5. The quantitative estimate of drug-likeness (QED) is 0.111. The van der Waals surface area contributed by atoms with E-state index < -0.39 is 92.5 Å². The van der Waals surface area contributed by atoms with Crippen LogP contribution in [0.15, 0.2) is 0 Å². The van der Waals surface area contributed by atoms with Gasteiger partial charge in [0.15, 0.2) is 24.1 Å². The highest BCUT2D eigenvalue weighted by Gasteiger charge is 2.44. The van der Waals surface area contributed by atoms with Gasteiger partial charge in [0.1, 0.15) is 42.7 Å². The molecule has 2 aliphatic heterocycles. The van der Waals surface area contributed by atoms with Crippen molar-refractivity contribution in [3.05, 3.63) is 0 Å². The van der Waals surface area contributed by atoms with Crippen LogP contribution >= 0.6 is 0 Å². The molecule has 10 unspecified atom stereocenters. The van der Waals surface area contributed by atoms with Gasteiger partial charge in [-0.15, -0.1) is 0 Å². The normalized spacial score (nSPS) is 36.4. The Morgan fingerprint density at radius 3 is 1.69 bits per heavy atom. The second kappa shape index (κ2) is 16.8. The van der Waals surface area contributed by atoms with Crippen molar-refractivity contribution >= 4 is 23.4 Å². The van der Waals surface area contributed by atoms with Crippen molar-refractivity contribution in [1.82, 2.24) is 5.32 Å². The second-order valence-corrected chi connectivity index (χ2v) is 8.68. The number of Topliss-reactive ketones (excluding diaryl/α,β-unsaturated/α-hetero) is 2. The van der Waals surface area contributed by atoms with E-state index in [2.05, 4.69) is 10.1 Å². The van der Waals surface area contributed by atoms with Crippen molar-refractivity contribution in [3.8, 4) is 0 Å². The highest BCUT2D eigenvalue weighted by Crippen LogP contribution is 2.20. The van der Waals surface area contributed by atoms with Crippen molar-refractivity contribution < 1.29 is 74.2 Å². The molecule has 39 heavy (non-hydrogen) atoms. The number of amides is 1. The molecule has 17 nitrogen and oxygen atoms in total. The number of hydrogen-bond donors (Lipinski definition) is 10. The van der Waals surface area contributed by atoms with Crippen molar-refractivity contribution in [1.29, 1.82) is 0 Å². The van der Waals surface area contributed by atoms with Crippen LogP contribution in [0.3, 0.4) is 0 Å². The monoisotopic (exact) mass is 572 g/mol. The Balaban J connectivity index is 0.000000556. The van der Waals surface area contributed by atoms with Crippen LogP contribution in [-0.4, -0.2) is 145 Å². The summed E-state index contributed by atoms with van der Waals surface area (Å²) >= 11 is 0. The van der Waals surface area contributed by atoms with Crippen LogP contribution < -0.4 is 11.1 Å². The molecule has 11 N–H and O–H groups in total. The third kappa shape index (κ3) is 10.4. The van der Waals surface area contributed by atoms with E-state index in [0.29, 0.717) is 0 Å². The number of rotatable bonds is 4. The molecule has 0 bridgehead atoms. The number of ether oxygens (including phenoxy) is 3. The predicted molar refractivity (Wildman–Crippen MR) is 127 cm³/mol. The van der Waals surface area contributed by atoms with E-state index in [1.165, 1.54) is 13.8 Å². The Morgan fingerprint density at radius 1 is 0.846 bits per heavy atom. The van der Waals surface area contributed by atoms with Crippen LogP contribution in [0.5, 0.6) is 0 Å². The van der Waals surface area contributed by atoms with Crippen LogP contribution in [0.2, 0.25) is 0 Å². The number of carbonyl (C=O) groups is 4. The fourth-order valence-corrected chi connectivity index (χ4v) is 3.59.